The van der Waals surface area contributed by atoms with E-state index in [1.165, 1.54) is 0 Å². The number of imidazole rings is 1. The summed E-state index contributed by atoms with van der Waals surface area (Å²) in [6.45, 7) is 5.74. The van der Waals surface area contributed by atoms with Crippen LogP contribution in [0.5, 0.6) is 11.5 Å². The van der Waals surface area contributed by atoms with E-state index >= 15 is 0 Å². The fraction of sp³-hybridized carbons (Fsp3) is 0.500. The molecule has 1 fully saturated rings. The molecule has 0 atom stereocenters. The van der Waals surface area contributed by atoms with Gasteiger partial charge in [0.25, 0.3) is 0 Å². The summed E-state index contributed by atoms with van der Waals surface area (Å²) in [4.78, 5) is 9.24. The Labute approximate surface area is 153 Å². The SMILES string of the molecule is COc1ccc(OC)c(CN2CCN(Cc3ncc(Cl)n3C)CC2)c1. The van der Waals surface area contributed by atoms with Gasteiger partial charge < -0.3 is 14.0 Å². The smallest absolute Gasteiger partial charge is 0.128 e. The van der Waals surface area contributed by atoms with Crippen LogP contribution >= 0.6 is 11.6 Å². The van der Waals surface area contributed by atoms with Gasteiger partial charge in [-0.25, -0.2) is 4.98 Å². The monoisotopic (exact) mass is 364 g/mol. The summed E-state index contributed by atoms with van der Waals surface area (Å²) in [5.41, 5.74) is 1.16. The van der Waals surface area contributed by atoms with E-state index in [2.05, 4.69) is 20.9 Å². The van der Waals surface area contributed by atoms with Gasteiger partial charge in [-0.1, -0.05) is 11.6 Å². The fourth-order valence-electron chi connectivity index (χ4n) is 3.12. The summed E-state index contributed by atoms with van der Waals surface area (Å²) in [5, 5.41) is 0.679. The van der Waals surface area contributed by atoms with E-state index < -0.39 is 0 Å². The predicted molar refractivity (Wildman–Crippen MR) is 98.3 cm³/mol. The Hall–Kier alpha value is -1.76. The molecule has 25 heavy (non-hydrogen) atoms. The summed E-state index contributed by atoms with van der Waals surface area (Å²) in [7, 11) is 5.35. The molecule has 1 aromatic carbocycles. The second-order valence-electron chi connectivity index (χ2n) is 6.29. The van der Waals surface area contributed by atoms with Crippen molar-refractivity contribution in [2.24, 2.45) is 7.05 Å². The Kier molecular flexibility index (Phi) is 5.83. The second-order valence-corrected chi connectivity index (χ2v) is 6.67. The number of halogens is 1. The molecule has 2 aromatic rings. The second kappa shape index (κ2) is 8.08. The van der Waals surface area contributed by atoms with Gasteiger partial charge in [0, 0.05) is 45.3 Å². The van der Waals surface area contributed by atoms with Crippen LogP contribution in [0.2, 0.25) is 5.15 Å². The van der Waals surface area contributed by atoms with E-state index in [1.807, 2.05) is 23.7 Å². The molecular formula is C18H25ClN4O2. The van der Waals surface area contributed by atoms with Crippen LogP contribution in [0.25, 0.3) is 0 Å². The van der Waals surface area contributed by atoms with Crippen molar-refractivity contribution in [1.29, 1.82) is 0 Å². The lowest BCUT2D eigenvalue weighted by molar-refractivity contribution is 0.118. The molecule has 0 unspecified atom stereocenters. The van der Waals surface area contributed by atoms with Gasteiger partial charge in [0.05, 0.1) is 27.0 Å². The minimum absolute atomic E-state index is 0.679. The van der Waals surface area contributed by atoms with Gasteiger partial charge in [0.2, 0.25) is 0 Å². The van der Waals surface area contributed by atoms with Crippen LogP contribution in [0.4, 0.5) is 0 Å². The van der Waals surface area contributed by atoms with Crippen molar-refractivity contribution >= 4 is 11.6 Å². The third kappa shape index (κ3) is 4.26. The first-order chi connectivity index (χ1) is 12.1. The van der Waals surface area contributed by atoms with Crippen LogP contribution in [-0.2, 0) is 20.1 Å². The molecule has 2 heterocycles. The number of rotatable bonds is 6. The molecular weight excluding hydrogens is 340 g/mol. The molecule has 0 saturated carbocycles. The highest BCUT2D eigenvalue weighted by molar-refractivity contribution is 6.29. The lowest BCUT2D eigenvalue weighted by Gasteiger charge is -2.34. The first-order valence-corrected chi connectivity index (χ1v) is 8.80. The Morgan fingerprint density at radius 3 is 2.28 bits per heavy atom. The predicted octanol–water partition coefficient (Wildman–Crippen LogP) is 2.41. The third-order valence-corrected chi connectivity index (χ3v) is 5.09. The van der Waals surface area contributed by atoms with Crippen molar-refractivity contribution in [3.63, 3.8) is 0 Å². The van der Waals surface area contributed by atoms with E-state index in [4.69, 9.17) is 21.1 Å². The van der Waals surface area contributed by atoms with Crippen molar-refractivity contribution in [1.82, 2.24) is 19.4 Å². The molecule has 0 N–H and O–H groups in total. The molecule has 0 radical (unpaired) electrons. The van der Waals surface area contributed by atoms with Crippen LogP contribution in [0.3, 0.4) is 0 Å². The van der Waals surface area contributed by atoms with Gasteiger partial charge in [-0.2, -0.15) is 0 Å². The highest BCUT2D eigenvalue weighted by atomic mass is 35.5. The normalized spacial score (nSPS) is 16.2. The Morgan fingerprint density at radius 1 is 1.04 bits per heavy atom. The van der Waals surface area contributed by atoms with Gasteiger partial charge in [-0.3, -0.25) is 9.80 Å². The maximum absolute atomic E-state index is 6.07. The zero-order valence-electron chi connectivity index (χ0n) is 15.0. The number of ether oxygens (including phenoxy) is 2. The number of nitrogens with zero attached hydrogens (tertiary/aromatic N) is 4. The molecule has 1 aliphatic heterocycles. The van der Waals surface area contributed by atoms with Crippen molar-refractivity contribution in [2.75, 3.05) is 40.4 Å². The summed E-state index contributed by atoms with van der Waals surface area (Å²) < 4.78 is 12.8. The number of piperazine rings is 1. The number of benzene rings is 1. The Balaban J connectivity index is 1.57. The van der Waals surface area contributed by atoms with Crippen molar-refractivity contribution in [2.45, 2.75) is 13.1 Å². The molecule has 3 rings (SSSR count). The van der Waals surface area contributed by atoms with Gasteiger partial charge in [-0.15, -0.1) is 0 Å². The van der Waals surface area contributed by atoms with Crippen LogP contribution in [0.1, 0.15) is 11.4 Å². The van der Waals surface area contributed by atoms with Crippen LogP contribution < -0.4 is 9.47 Å². The van der Waals surface area contributed by atoms with Crippen LogP contribution in [0.15, 0.2) is 24.4 Å². The summed E-state index contributed by atoms with van der Waals surface area (Å²) >= 11 is 6.07. The molecule has 0 bridgehead atoms. The average molecular weight is 365 g/mol. The lowest BCUT2D eigenvalue weighted by Crippen LogP contribution is -2.45. The number of aromatic nitrogens is 2. The van der Waals surface area contributed by atoms with E-state index in [0.717, 1.165) is 62.2 Å². The number of hydrogen-bond donors (Lipinski definition) is 0. The third-order valence-electron chi connectivity index (χ3n) is 4.74. The summed E-state index contributed by atoms with van der Waals surface area (Å²) in [5.74, 6) is 2.78. The molecule has 1 aromatic heterocycles. The van der Waals surface area contributed by atoms with Crippen LogP contribution in [0, 0.1) is 0 Å². The molecule has 0 spiro atoms. The Morgan fingerprint density at radius 2 is 1.72 bits per heavy atom. The number of methoxy groups -OCH3 is 2. The number of hydrogen-bond acceptors (Lipinski definition) is 5. The quantitative estimate of drug-likeness (QED) is 0.787. The topological polar surface area (TPSA) is 42.8 Å². The maximum atomic E-state index is 6.07. The summed E-state index contributed by atoms with van der Waals surface area (Å²) in [6, 6.07) is 5.95. The molecule has 1 aliphatic rings. The van der Waals surface area contributed by atoms with Crippen molar-refractivity contribution < 1.29 is 9.47 Å². The highest BCUT2D eigenvalue weighted by Crippen LogP contribution is 2.25. The lowest BCUT2D eigenvalue weighted by atomic mass is 10.1. The zero-order chi connectivity index (χ0) is 17.8. The minimum atomic E-state index is 0.679. The van der Waals surface area contributed by atoms with Crippen molar-refractivity contribution in [3.05, 3.63) is 40.9 Å². The largest absolute Gasteiger partial charge is 0.497 e. The molecule has 0 amide bonds. The summed E-state index contributed by atoms with van der Waals surface area (Å²) in [6.07, 6.45) is 1.71. The first kappa shape index (κ1) is 18.0. The van der Waals surface area contributed by atoms with E-state index in [9.17, 15) is 0 Å². The average Bonchev–Trinajstić information content (AvgIpc) is 2.95. The van der Waals surface area contributed by atoms with Gasteiger partial charge in [0.15, 0.2) is 0 Å². The van der Waals surface area contributed by atoms with Crippen molar-refractivity contribution in [3.8, 4) is 11.5 Å². The molecule has 6 nitrogen and oxygen atoms in total. The van der Waals surface area contributed by atoms with Gasteiger partial charge in [0.1, 0.15) is 22.5 Å². The molecule has 7 heteroatoms. The highest BCUT2D eigenvalue weighted by Gasteiger charge is 2.20. The molecule has 136 valence electrons. The fourth-order valence-corrected chi connectivity index (χ4v) is 3.27. The van der Waals surface area contributed by atoms with Crippen LogP contribution in [-0.4, -0.2) is 59.7 Å². The van der Waals surface area contributed by atoms with E-state index in [-0.39, 0.29) is 0 Å². The zero-order valence-corrected chi connectivity index (χ0v) is 15.8. The molecule has 1 saturated heterocycles. The first-order valence-electron chi connectivity index (χ1n) is 8.42. The maximum Gasteiger partial charge on any atom is 0.128 e. The standard InChI is InChI=1S/C18H25ClN4O2/c1-21-17(19)11-20-18(21)13-23-8-6-22(7-9-23)12-14-10-15(24-2)4-5-16(14)25-3/h4-5,10-11H,6-9,12-13H2,1-3H3. The van der Waals surface area contributed by atoms with Gasteiger partial charge in [-0.05, 0) is 18.2 Å². The van der Waals surface area contributed by atoms with E-state index in [1.54, 1.807) is 20.4 Å². The minimum Gasteiger partial charge on any atom is -0.497 e. The van der Waals surface area contributed by atoms with E-state index in [0.29, 0.717) is 5.15 Å². The Bertz CT molecular complexity index is 711. The molecule has 0 aliphatic carbocycles. The van der Waals surface area contributed by atoms with Gasteiger partial charge >= 0.3 is 0 Å².